The van der Waals surface area contributed by atoms with Crippen molar-refractivity contribution in [1.29, 1.82) is 0 Å². The topological polar surface area (TPSA) is 98.9 Å². The second-order valence-corrected chi connectivity index (χ2v) is 8.06. The number of carbonyl (C=O) groups excluding carboxylic acids is 1. The maximum Gasteiger partial charge on any atom is 0.269 e. The fraction of sp³-hybridized carbons (Fsp3) is 0.0833. The maximum absolute atomic E-state index is 13.2. The summed E-state index contributed by atoms with van der Waals surface area (Å²) < 4.78 is 0. The molecule has 160 valence electrons. The highest BCUT2D eigenvalue weighted by Crippen LogP contribution is 2.35. The van der Waals surface area contributed by atoms with Crippen molar-refractivity contribution < 1.29 is 14.8 Å². The van der Waals surface area contributed by atoms with Crippen molar-refractivity contribution >= 4 is 34.6 Å². The molecule has 1 amide bonds. The number of benzene rings is 3. The molecule has 1 aliphatic heterocycles. The zero-order chi connectivity index (χ0) is 22.5. The van der Waals surface area contributed by atoms with E-state index in [0.29, 0.717) is 23.2 Å². The van der Waals surface area contributed by atoms with Crippen LogP contribution in [0.25, 0.3) is 6.08 Å². The summed E-state index contributed by atoms with van der Waals surface area (Å²) in [6, 6.07) is 22.7. The van der Waals surface area contributed by atoms with Crippen LogP contribution >= 0.6 is 11.8 Å². The Morgan fingerprint density at radius 2 is 1.62 bits per heavy atom. The minimum Gasteiger partial charge on any atom is -0.872 e. The third-order valence-corrected chi connectivity index (χ3v) is 5.85. The maximum atomic E-state index is 13.2. The Morgan fingerprint density at radius 3 is 2.28 bits per heavy atom. The van der Waals surface area contributed by atoms with Crippen LogP contribution in [0.5, 0.6) is 5.75 Å². The molecule has 0 saturated carbocycles. The summed E-state index contributed by atoms with van der Waals surface area (Å²) in [5.41, 5.74) is 1.84. The average molecular weight is 444 g/mol. The van der Waals surface area contributed by atoms with Crippen molar-refractivity contribution in [2.45, 2.75) is 13.1 Å². The number of thioether (sulfide) groups is 1. The number of hydrogen-bond donors (Lipinski definition) is 0. The van der Waals surface area contributed by atoms with Gasteiger partial charge >= 0.3 is 0 Å². The first-order chi connectivity index (χ1) is 15.5. The lowest BCUT2D eigenvalue weighted by molar-refractivity contribution is -0.385. The molecule has 1 aliphatic rings. The van der Waals surface area contributed by atoms with E-state index < -0.39 is 4.92 Å². The Kier molecular flexibility index (Phi) is 6.32. The van der Waals surface area contributed by atoms with E-state index in [2.05, 4.69) is 4.99 Å². The number of non-ortho nitro benzene ring substituents is 1. The van der Waals surface area contributed by atoms with E-state index in [1.165, 1.54) is 12.1 Å². The fourth-order valence-electron chi connectivity index (χ4n) is 3.18. The lowest BCUT2D eigenvalue weighted by Crippen LogP contribution is -2.28. The highest BCUT2D eigenvalue weighted by Gasteiger charge is 2.33. The van der Waals surface area contributed by atoms with Crippen LogP contribution in [-0.4, -0.2) is 20.9 Å². The zero-order valence-electron chi connectivity index (χ0n) is 16.9. The van der Waals surface area contributed by atoms with Gasteiger partial charge in [0.25, 0.3) is 11.6 Å². The molecule has 1 heterocycles. The van der Waals surface area contributed by atoms with Crippen LogP contribution in [0.15, 0.2) is 88.8 Å². The Morgan fingerprint density at radius 1 is 0.969 bits per heavy atom. The first kappa shape index (κ1) is 21.3. The highest BCUT2D eigenvalue weighted by atomic mass is 32.2. The van der Waals surface area contributed by atoms with Gasteiger partial charge in [0.15, 0.2) is 5.17 Å². The minimum atomic E-state index is -0.570. The zero-order valence-corrected chi connectivity index (χ0v) is 17.7. The van der Waals surface area contributed by atoms with Gasteiger partial charge in [-0.05, 0) is 34.5 Å². The number of rotatable bonds is 6. The molecule has 8 heteroatoms. The Balaban J connectivity index is 1.67. The summed E-state index contributed by atoms with van der Waals surface area (Å²) in [6.07, 6.45) is 1.41. The summed E-state index contributed by atoms with van der Waals surface area (Å²) in [6.45, 7) is 0.732. The molecule has 0 unspecified atom stereocenters. The van der Waals surface area contributed by atoms with Crippen molar-refractivity contribution in [2.24, 2.45) is 4.99 Å². The van der Waals surface area contributed by atoms with Crippen LogP contribution in [-0.2, 0) is 17.9 Å². The van der Waals surface area contributed by atoms with Crippen molar-refractivity contribution in [3.63, 3.8) is 0 Å². The van der Waals surface area contributed by atoms with Crippen molar-refractivity contribution in [2.75, 3.05) is 0 Å². The smallest absolute Gasteiger partial charge is 0.269 e. The molecular weight excluding hydrogens is 426 g/mol. The molecule has 0 bridgehead atoms. The number of nitro groups is 1. The van der Waals surface area contributed by atoms with Gasteiger partial charge in [0, 0.05) is 12.1 Å². The molecule has 7 nitrogen and oxygen atoms in total. The van der Waals surface area contributed by atoms with Crippen molar-refractivity contribution in [3.8, 4) is 5.75 Å². The fourth-order valence-corrected chi connectivity index (χ4v) is 4.14. The van der Waals surface area contributed by atoms with E-state index in [0.717, 1.165) is 35.0 Å². The number of hydrogen-bond acceptors (Lipinski definition) is 6. The van der Waals surface area contributed by atoms with E-state index in [9.17, 15) is 20.0 Å². The molecule has 1 fully saturated rings. The SMILES string of the molecule is O=C1/C(=C/c2cc([N+](=O)[O-])ccc2[O-])SC(=NCc2ccccc2)N1Cc1ccccc1. The molecule has 0 aliphatic carbocycles. The van der Waals surface area contributed by atoms with Crippen molar-refractivity contribution in [1.82, 2.24) is 4.90 Å². The van der Waals surface area contributed by atoms with Gasteiger partial charge in [-0.25, -0.2) is 0 Å². The Bertz CT molecular complexity index is 1210. The van der Waals surface area contributed by atoms with E-state index in [4.69, 9.17) is 0 Å². The number of amidine groups is 1. The van der Waals surface area contributed by atoms with Gasteiger partial charge in [-0.3, -0.25) is 24.8 Å². The largest absolute Gasteiger partial charge is 0.872 e. The third-order valence-electron chi connectivity index (χ3n) is 4.80. The molecule has 0 radical (unpaired) electrons. The monoisotopic (exact) mass is 444 g/mol. The van der Waals surface area contributed by atoms with Crippen LogP contribution in [0, 0.1) is 10.1 Å². The standard InChI is InChI=1S/C24H19N3O4S/c28-21-12-11-20(27(30)31)13-19(21)14-22-23(29)26(16-18-9-5-2-6-10-18)24(32-22)25-15-17-7-3-1-4-8-17/h1-14,28H,15-16H2/p-1/b22-14-,25-24?. The first-order valence-corrected chi connectivity index (χ1v) is 10.6. The van der Waals surface area contributed by atoms with E-state index in [-0.39, 0.29) is 22.9 Å². The molecule has 1 saturated heterocycles. The molecule has 32 heavy (non-hydrogen) atoms. The van der Waals surface area contributed by atoms with Gasteiger partial charge in [0.05, 0.1) is 22.9 Å². The number of aliphatic imine (C=N–C) groups is 1. The predicted molar refractivity (Wildman–Crippen MR) is 123 cm³/mol. The average Bonchev–Trinajstić information content (AvgIpc) is 3.09. The lowest BCUT2D eigenvalue weighted by Gasteiger charge is -2.16. The van der Waals surface area contributed by atoms with Crippen LogP contribution in [0.4, 0.5) is 5.69 Å². The summed E-state index contributed by atoms with van der Waals surface area (Å²) in [7, 11) is 0. The van der Waals surface area contributed by atoms with Gasteiger partial charge in [-0.1, -0.05) is 66.7 Å². The van der Waals surface area contributed by atoms with E-state index >= 15 is 0 Å². The molecule has 3 aromatic carbocycles. The molecule has 0 atom stereocenters. The minimum absolute atomic E-state index is 0.0963. The third kappa shape index (κ3) is 4.87. The normalized spacial score (nSPS) is 16.1. The molecule has 0 aromatic heterocycles. The van der Waals surface area contributed by atoms with Crippen LogP contribution in [0.1, 0.15) is 16.7 Å². The van der Waals surface area contributed by atoms with E-state index in [1.807, 2.05) is 60.7 Å². The highest BCUT2D eigenvalue weighted by molar-refractivity contribution is 8.18. The number of nitro benzene ring substituents is 1. The molecule has 3 aromatic rings. The second-order valence-electron chi connectivity index (χ2n) is 7.05. The summed E-state index contributed by atoms with van der Waals surface area (Å²) in [4.78, 5) is 30.2. The predicted octanol–water partition coefficient (Wildman–Crippen LogP) is 4.34. The summed E-state index contributed by atoms with van der Waals surface area (Å²) >= 11 is 1.16. The number of amides is 1. The van der Waals surface area contributed by atoms with Gasteiger partial charge in [0.2, 0.25) is 0 Å². The van der Waals surface area contributed by atoms with Gasteiger partial charge in [-0.2, -0.15) is 0 Å². The second kappa shape index (κ2) is 9.49. The Hall–Kier alpha value is -3.91. The molecular formula is C24H18N3O4S-. The lowest BCUT2D eigenvalue weighted by atomic mass is 10.1. The van der Waals surface area contributed by atoms with E-state index in [1.54, 1.807) is 4.90 Å². The molecule has 0 N–H and O–H groups in total. The quantitative estimate of drug-likeness (QED) is 0.320. The van der Waals surface area contributed by atoms with Crippen LogP contribution in [0.3, 0.4) is 0 Å². The molecule has 0 spiro atoms. The van der Waals surface area contributed by atoms with Gasteiger partial charge in [0.1, 0.15) is 0 Å². The van der Waals surface area contributed by atoms with Crippen LogP contribution < -0.4 is 5.11 Å². The van der Waals surface area contributed by atoms with Gasteiger partial charge < -0.3 is 5.11 Å². The van der Waals surface area contributed by atoms with Crippen LogP contribution in [0.2, 0.25) is 0 Å². The molecule has 4 rings (SSSR count). The van der Waals surface area contributed by atoms with Gasteiger partial charge in [-0.15, -0.1) is 5.75 Å². The summed E-state index contributed by atoms with van der Waals surface area (Å²) in [5.74, 6) is -0.683. The number of carbonyl (C=O) groups is 1. The van der Waals surface area contributed by atoms with Crippen molar-refractivity contribution in [3.05, 3.63) is 111 Å². The summed E-state index contributed by atoms with van der Waals surface area (Å²) in [5, 5.41) is 23.8. The Labute approximate surface area is 188 Å². The number of nitrogens with zero attached hydrogens (tertiary/aromatic N) is 3. The first-order valence-electron chi connectivity index (χ1n) is 9.80.